The number of nitrogens with one attached hydrogen (secondary N) is 2. The van der Waals surface area contributed by atoms with E-state index in [2.05, 4.69) is 10.6 Å². The quantitative estimate of drug-likeness (QED) is 0.614. The van der Waals surface area contributed by atoms with E-state index in [0.717, 1.165) is 4.88 Å². The number of hydrogen-bond acceptors (Lipinski definition) is 6. The van der Waals surface area contributed by atoms with Crippen molar-refractivity contribution in [2.75, 3.05) is 6.61 Å². The van der Waals surface area contributed by atoms with Crippen LogP contribution in [0.1, 0.15) is 10.4 Å². The van der Waals surface area contributed by atoms with Gasteiger partial charge in [-0.25, -0.2) is 4.79 Å². The molecule has 1 aromatic heterocycles. The van der Waals surface area contributed by atoms with Crippen molar-refractivity contribution in [3.8, 4) is 5.75 Å². The molecule has 0 radical (unpaired) electrons. The van der Waals surface area contributed by atoms with Gasteiger partial charge in [0.1, 0.15) is 0 Å². The van der Waals surface area contributed by atoms with Crippen LogP contribution in [0.4, 0.5) is 10.5 Å². The summed E-state index contributed by atoms with van der Waals surface area (Å²) in [6.07, 6.45) is 0. The van der Waals surface area contributed by atoms with E-state index in [1.807, 2.05) is 17.5 Å². The molecular formula is C15H15N3O5S. The summed E-state index contributed by atoms with van der Waals surface area (Å²) in [6.45, 7) is 1.51. The van der Waals surface area contributed by atoms with Crippen LogP contribution in [0.15, 0.2) is 35.7 Å². The number of nitro benzene ring substituents is 1. The number of rotatable bonds is 6. The average Bonchev–Trinajstić information content (AvgIpc) is 3.05. The highest BCUT2D eigenvalue weighted by Crippen LogP contribution is 2.27. The van der Waals surface area contributed by atoms with Crippen LogP contribution in [0, 0.1) is 17.0 Å². The fourth-order valence-corrected chi connectivity index (χ4v) is 2.47. The number of thiophene rings is 1. The third-order valence-electron chi connectivity index (χ3n) is 2.93. The number of hydrogen-bond donors (Lipinski definition) is 2. The molecule has 0 saturated carbocycles. The Morgan fingerprint density at radius 3 is 2.79 bits per heavy atom. The Hall–Kier alpha value is -2.94. The number of aryl methyl sites for hydroxylation is 1. The van der Waals surface area contributed by atoms with Crippen molar-refractivity contribution in [2.24, 2.45) is 0 Å². The number of amides is 3. The van der Waals surface area contributed by atoms with Crippen LogP contribution in [0.25, 0.3) is 0 Å². The highest BCUT2D eigenvalue weighted by molar-refractivity contribution is 7.09. The molecule has 0 aliphatic carbocycles. The normalized spacial score (nSPS) is 10.0. The first kappa shape index (κ1) is 17.4. The number of carbonyl (C=O) groups excluding carboxylic acids is 2. The maximum Gasteiger partial charge on any atom is 0.321 e. The summed E-state index contributed by atoms with van der Waals surface area (Å²) in [5.74, 6) is -0.728. The van der Waals surface area contributed by atoms with Gasteiger partial charge in [0.05, 0.1) is 11.5 Å². The molecule has 1 aromatic carbocycles. The van der Waals surface area contributed by atoms with E-state index in [-0.39, 0.29) is 11.4 Å². The van der Waals surface area contributed by atoms with Crippen LogP contribution in [0.3, 0.4) is 0 Å². The molecule has 0 aliphatic rings. The summed E-state index contributed by atoms with van der Waals surface area (Å²) in [4.78, 5) is 34.6. The van der Waals surface area contributed by atoms with Gasteiger partial charge in [-0.1, -0.05) is 12.1 Å². The Morgan fingerprint density at radius 1 is 1.33 bits per heavy atom. The van der Waals surface area contributed by atoms with Gasteiger partial charge in [0.2, 0.25) is 0 Å². The third kappa shape index (κ3) is 5.06. The van der Waals surface area contributed by atoms with Gasteiger partial charge in [-0.15, -0.1) is 11.3 Å². The highest BCUT2D eigenvalue weighted by atomic mass is 32.1. The van der Waals surface area contributed by atoms with Gasteiger partial charge in [-0.3, -0.25) is 20.2 Å². The van der Waals surface area contributed by atoms with E-state index in [1.165, 1.54) is 23.5 Å². The molecule has 8 nitrogen and oxygen atoms in total. The van der Waals surface area contributed by atoms with E-state index in [0.29, 0.717) is 12.1 Å². The molecule has 3 amide bonds. The molecule has 2 N–H and O–H groups in total. The monoisotopic (exact) mass is 349 g/mol. The number of nitro groups is 1. The van der Waals surface area contributed by atoms with Crippen molar-refractivity contribution in [3.63, 3.8) is 0 Å². The van der Waals surface area contributed by atoms with Crippen molar-refractivity contribution in [3.05, 3.63) is 56.3 Å². The lowest BCUT2D eigenvalue weighted by molar-refractivity contribution is -0.385. The first-order chi connectivity index (χ1) is 11.5. The number of benzene rings is 1. The maximum atomic E-state index is 11.7. The van der Waals surface area contributed by atoms with E-state index in [9.17, 15) is 19.7 Å². The molecule has 0 bridgehead atoms. The van der Waals surface area contributed by atoms with Gasteiger partial charge in [-0.05, 0) is 30.0 Å². The first-order valence-corrected chi connectivity index (χ1v) is 7.81. The van der Waals surface area contributed by atoms with Gasteiger partial charge in [-0.2, -0.15) is 0 Å². The van der Waals surface area contributed by atoms with Crippen molar-refractivity contribution >= 4 is 29.0 Å². The second kappa shape index (κ2) is 8.06. The molecule has 1 heterocycles. The minimum atomic E-state index is -0.700. The fourth-order valence-electron chi connectivity index (χ4n) is 1.82. The Balaban J connectivity index is 1.82. The topological polar surface area (TPSA) is 111 Å². The van der Waals surface area contributed by atoms with Crippen LogP contribution in [-0.2, 0) is 11.3 Å². The standard InChI is InChI=1S/C15H15N3O5S/c1-10-4-5-13(12(7-10)18(21)22)23-9-14(19)17-15(20)16-8-11-3-2-6-24-11/h2-7H,8-9H2,1H3,(H2,16,17,19,20). The van der Waals surface area contributed by atoms with E-state index >= 15 is 0 Å². The molecule has 0 aliphatic heterocycles. The van der Waals surface area contributed by atoms with Crippen molar-refractivity contribution in [1.29, 1.82) is 0 Å². The molecule has 0 saturated heterocycles. The van der Waals surface area contributed by atoms with Gasteiger partial charge < -0.3 is 10.1 Å². The Bertz CT molecular complexity index is 746. The van der Waals surface area contributed by atoms with Gasteiger partial charge >= 0.3 is 11.7 Å². The van der Waals surface area contributed by atoms with Crippen LogP contribution >= 0.6 is 11.3 Å². The van der Waals surface area contributed by atoms with Crippen LogP contribution in [-0.4, -0.2) is 23.5 Å². The predicted molar refractivity (Wildman–Crippen MR) is 88.0 cm³/mol. The number of nitrogens with zero attached hydrogens (tertiary/aromatic N) is 1. The number of imide groups is 1. The number of carbonyl (C=O) groups is 2. The molecule has 2 rings (SSSR count). The number of ether oxygens (including phenoxy) is 1. The van der Waals surface area contributed by atoms with Gasteiger partial charge in [0.25, 0.3) is 5.91 Å². The summed E-state index contributed by atoms with van der Waals surface area (Å²) in [5.41, 5.74) is 0.469. The Kier molecular flexibility index (Phi) is 5.85. The smallest absolute Gasteiger partial charge is 0.321 e. The average molecular weight is 349 g/mol. The van der Waals surface area contributed by atoms with Crippen molar-refractivity contribution < 1.29 is 19.2 Å². The molecule has 9 heteroatoms. The summed E-state index contributed by atoms with van der Waals surface area (Å²) in [6, 6.07) is 7.45. The SMILES string of the molecule is Cc1ccc(OCC(=O)NC(=O)NCc2cccs2)c([N+](=O)[O-])c1. The second-order valence-corrected chi connectivity index (χ2v) is 5.86. The Morgan fingerprint density at radius 2 is 2.12 bits per heavy atom. The zero-order valence-corrected chi connectivity index (χ0v) is 13.6. The summed E-state index contributed by atoms with van der Waals surface area (Å²) >= 11 is 1.48. The second-order valence-electron chi connectivity index (χ2n) is 4.83. The lowest BCUT2D eigenvalue weighted by atomic mass is 10.2. The minimum absolute atomic E-state index is 0.0280. The highest BCUT2D eigenvalue weighted by Gasteiger charge is 2.17. The lowest BCUT2D eigenvalue weighted by Crippen LogP contribution is -2.41. The predicted octanol–water partition coefficient (Wildman–Crippen LogP) is 2.37. The Labute approximate surface area is 141 Å². The van der Waals surface area contributed by atoms with E-state index in [1.54, 1.807) is 13.0 Å². The summed E-state index contributed by atoms with van der Waals surface area (Å²) in [7, 11) is 0. The third-order valence-corrected chi connectivity index (χ3v) is 3.80. The van der Waals surface area contributed by atoms with Crippen molar-refractivity contribution in [2.45, 2.75) is 13.5 Å². The first-order valence-electron chi connectivity index (χ1n) is 6.93. The zero-order chi connectivity index (χ0) is 17.5. The van der Waals surface area contributed by atoms with Crippen LogP contribution < -0.4 is 15.4 Å². The summed E-state index contributed by atoms with van der Waals surface area (Å²) < 4.78 is 5.13. The van der Waals surface area contributed by atoms with Gasteiger partial charge in [0, 0.05) is 10.9 Å². The molecule has 0 spiro atoms. The minimum Gasteiger partial charge on any atom is -0.477 e. The fraction of sp³-hybridized carbons (Fsp3) is 0.200. The van der Waals surface area contributed by atoms with Gasteiger partial charge in [0.15, 0.2) is 12.4 Å². The zero-order valence-electron chi connectivity index (χ0n) is 12.8. The van der Waals surface area contributed by atoms with Crippen molar-refractivity contribution in [1.82, 2.24) is 10.6 Å². The molecule has 0 fully saturated rings. The summed E-state index contributed by atoms with van der Waals surface area (Å²) in [5, 5.41) is 17.5. The van der Waals surface area contributed by atoms with E-state index < -0.39 is 23.5 Å². The van der Waals surface area contributed by atoms with Crippen LogP contribution in [0.5, 0.6) is 5.75 Å². The molecule has 0 unspecified atom stereocenters. The van der Waals surface area contributed by atoms with E-state index in [4.69, 9.17) is 4.74 Å². The molecule has 126 valence electrons. The largest absolute Gasteiger partial charge is 0.477 e. The molecule has 2 aromatic rings. The number of urea groups is 1. The van der Waals surface area contributed by atoms with Crippen LogP contribution in [0.2, 0.25) is 0 Å². The lowest BCUT2D eigenvalue weighted by Gasteiger charge is -2.08. The molecule has 24 heavy (non-hydrogen) atoms. The molecule has 0 atom stereocenters. The maximum absolute atomic E-state index is 11.7. The molecular weight excluding hydrogens is 334 g/mol.